The summed E-state index contributed by atoms with van der Waals surface area (Å²) in [6, 6.07) is -0.00671. The van der Waals surface area contributed by atoms with Gasteiger partial charge in [-0.15, -0.1) is 0 Å². The first kappa shape index (κ1) is 15.8. The van der Waals surface area contributed by atoms with Crippen LogP contribution in [0.25, 0.3) is 0 Å². The van der Waals surface area contributed by atoms with Crippen molar-refractivity contribution in [3.05, 3.63) is 16.9 Å². The van der Waals surface area contributed by atoms with Crippen LogP contribution in [0.5, 0.6) is 0 Å². The standard InChI is InChI=1S/C14H26ClN5/c1-4-20-12(11(15)10-17-20)13(18-16)14(19(2)3)8-6-5-7-9-14/h10,13,18H,4-9,16H2,1-3H3. The lowest BCUT2D eigenvalue weighted by Crippen LogP contribution is -2.56. The third-order valence-electron chi connectivity index (χ3n) is 4.72. The molecule has 1 aromatic rings. The molecule has 20 heavy (non-hydrogen) atoms. The number of nitrogens with zero attached hydrogens (tertiary/aromatic N) is 3. The predicted octanol–water partition coefficient (Wildman–Crippen LogP) is 2.33. The third kappa shape index (κ3) is 2.60. The first-order valence-corrected chi connectivity index (χ1v) is 7.79. The van der Waals surface area contributed by atoms with E-state index in [0.29, 0.717) is 5.02 Å². The first-order chi connectivity index (χ1) is 9.56. The number of hydrogen-bond acceptors (Lipinski definition) is 4. The second-order valence-corrected chi connectivity index (χ2v) is 6.26. The van der Waals surface area contributed by atoms with Crippen LogP contribution < -0.4 is 11.3 Å². The normalized spacial score (nSPS) is 20.3. The summed E-state index contributed by atoms with van der Waals surface area (Å²) in [5.74, 6) is 5.93. The Hall–Kier alpha value is -0.620. The molecule has 1 saturated carbocycles. The Morgan fingerprint density at radius 3 is 2.60 bits per heavy atom. The molecular weight excluding hydrogens is 274 g/mol. The molecule has 1 unspecified atom stereocenters. The molecule has 6 heteroatoms. The van der Waals surface area contributed by atoms with Crippen molar-refractivity contribution in [3.63, 3.8) is 0 Å². The number of hydrogen-bond donors (Lipinski definition) is 2. The van der Waals surface area contributed by atoms with Crippen molar-refractivity contribution >= 4 is 11.6 Å². The Bertz CT molecular complexity index is 437. The minimum absolute atomic E-state index is 0.00356. The van der Waals surface area contributed by atoms with Crippen LogP contribution in [0.15, 0.2) is 6.20 Å². The van der Waals surface area contributed by atoms with Crippen LogP contribution in [-0.2, 0) is 6.54 Å². The van der Waals surface area contributed by atoms with Gasteiger partial charge in [0.25, 0.3) is 0 Å². The average Bonchev–Trinajstić information content (AvgIpc) is 2.82. The van der Waals surface area contributed by atoms with Gasteiger partial charge in [0.1, 0.15) is 0 Å². The Balaban J connectivity index is 2.45. The third-order valence-corrected chi connectivity index (χ3v) is 5.01. The maximum atomic E-state index is 6.39. The van der Waals surface area contributed by atoms with Gasteiger partial charge in [-0.3, -0.25) is 10.5 Å². The van der Waals surface area contributed by atoms with Gasteiger partial charge < -0.3 is 4.90 Å². The Morgan fingerprint density at radius 1 is 1.45 bits per heavy atom. The van der Waals surface area contributed by atoms with E-state index >= 15 is 0 Å². The number of likely N-dealkylation sites (N-methyl/N-ethyl adjacent to an activating group) is 1. The molecule has 0 aliphatic heterocycles. The molecule has 2 rings (SSSR count). The number of aryl methyl sites for hydroxylation is 1. The monoisotopic (exact) mass is 299 g/mol. The average molecular weight is 300 g/mol. The molecule has 1 atom stereocenters. The molecule has 1 aromatic heterocycles. The Labute approximate surface area is 126 Å². The van der Waals surface area contributed by atoms with Crippen LogP contribution in [0.4, 0.5) is 0 Å². The summed E-state index contributed by atoms with van der Waals surface area (Å²) in [7, 11) is 4.27. The van der Waals surface area contributed by atoms with Gasteiger partial charge in [0, 0.05) is 12.1 Å². The molecule has 0 aromatic carbocycles. The van der Waals surface area contributed by atoms with Crippen LogP contribution in [0.1, 0.15) is 50.8 Å². The van der Waals surface area contributed by atoms with Crippen molar-refractivity contribution in [1.29, 1.82) is 0 Å². The molecule has 5 nitrogen and oxygen atoms in total. The summed E-state index contributed by atoms with van der Waals surface area (Å²) >= 11 is 6.39. The van der Waals surface area contributed by atoms with Crippen molar-refractivity contribution in [2.24, 2.45) is 5.84 Å². The zero-order chi connectivity index (χ0) is 14.8. The van der Waals surface area contributed by atoms with Gasteiger partial charge >= 0.3 is 0 Å². The van der Waals surface area contributed by atoms with Gasteiger partial charge in [-0.25, -0.2) is 5.43 Å². The van der Waals surface area contributed by atoms with E-state index in [4.69, 9.17) is 17.4 Å². The largest absolute Gasteiger partial charge is 0.302 e. The molecule has 0 spiro atoms. The molecule has 3 N–H and O–H groups in total. The molecule has 1 heterocycles. The second kappa shape index (κ2) is 6.43. The minimum atomic E-state index is -0.00671. The SMILES string of the molecule is CCn1ncc(Cl)c1C(NN)C1(N(C)C)CCCCC1. The quantitative estimate of drug-likeness (QED) is 0.647. The number of hydrazine groups is 1. The zero-order valence-electron chi connectivity index (χ0n) is 12.7. The highest BCUT2D eigenvalue weighted by Crippen LogP contribution is 2.43. The van der Waals surface area contributed by atoms with Gasteiger partial charge in [0.15, 0.2) is 0 Å². The summed E-state index contributed by atoms with van der Waals surface area (Å²) in [5, 5.41) is 5.05. The maximum Gasteiger partial charge on any atom is 0.0835 e. The predicted molar refractivity (Wildman–Crippen MR) is 82.5 cm³/mol. The van der Waals surface area contributed by atoms with E-state index < -0.39 is 0 Å². The smallest absolute Gasteiger partial charge is 0.0835 e. The molecule has 0 amide bonds. The summed E-state index contributed by atoms with van der Waals surface area (Å²) in [6.07, 6.45) is 7.73. The summed E-state index contributed by atoms with van der Waals surface area (Å²) in [5.41, 5.74) is 4.04. The summed E-state index contributed by atoms with van der Waals surface area (Å²) in [4.78, 5) is 2.31. The highest BCUT2D eigenvalue weighted by Gasteiger charge is 2.44. The van der Waals surface area contributed by atoms with Crippen molar-refractivity contribution in [1.82, 2.24) is 20.1 Å². The topological polar surface area (TPSA) is 59.1 Å². The van der Waals surface area contributed by atoms with Crippen molar-refractivity contribution in [3.8, 4) is 0 Å². The van der Waals surface area contributed by atoms with Crippen molar-refractivity contribution in [2.45, 2.75) is 57.2 Å². The van der Waals surface area contributed by atoms with Crippen LogP contribution in [0.2, 0.25) is 5.02 Å². The van der Waals surface area contributed by atoms with Crippen LogP contribution in [0, 0.1) is 0 Å². The fourth-order valence-electron chi connectivity index (χ4n) is 3.56. The lowest BCUT2D eigenvalue weighted by molar-refractivity contribution is 0.0530. The van der Waals surface area contributed by atoms with Crippen LogP contribution in [0.3, 0.4) is 0 Å². The fraction of sp³-hybridized carbons (Fsp3) is 0.786. The zero-order valence-corrected chi connectivity index (χ0v) is 13.5. The van der Waals surface area contributed by atoms with Gasteiger partial charge in [-0.2, -0.15) is 5.10 Å². The number of rotatable bonds is 5. The number of aromatic nitrogens is 2. The van der Waals surface area contributed by atoms with Crippen molar-refractivity contribution in [2.75, 3.05) is 14.1 Å². The molecule has 114 valence electrons. The van der Waals surface area contributed by atoms with E-state index in [1.807, 2.05) is 4.68 Å². The molecule has 1 fully saturated rings. The fourth-order valence-corrected chi connectivity index (χ4v) is 3.81. The molecule has 1 aliphatic carbocycles. The maximum absolute atomic E-state index is 6.39. The second-order valence-electron chi connectivity index (χ2n) is 5.85. The summed E-state index contributed by atoms with van der Waals surface area (Å²) in [6.45, 7) is 2.87. The Kier molecular flexibility index (Phi) is 5.07. The van der Waals surface area contributed by atoms with Gasteiger partial charge in [0.05, 0.1) is 23.0 Å². The lowest BCUT2D eigenvalue weighted by atomic mass is 9.74. The van der Waals surface area contributed by atoms with E-state index in [2.05, 4.69) is 36.4 Å². The van der Waals surface area contributed by atoms with E-state index in [-0.39, 0.29) is 11.6 Å². The lowest BCUT2D eigenvalue weighted by Gasteiger charge is -2.48. The molecular formula is C14H26ClN5. The Morgan fingerprint density at radius 2 is 2.10 bits per heavy atom. The number of halogens is 1. The molecule has 0 saturated heterocycles. The van der Waals surface area contributed by atoms with E-state index in [9.17, 15) is 0 Å². The minimum Gasteiger partial charge on any atom is -0.302 e. The van der Waals surface area contributed by atoms with Gasteiger partial charge in [-0.1, -0.05) is 30.9 Å². The number of nitrogens with two attached hydrogens (primary N) is 1. The van der Waals surface area contributed by atoms with Gasteiger partial charge in [-0.05, 0) is 33.9 Å². The van der Waals surface area contributed by atoms with Gasteiger partial charge in [0.2, 0.25) is 0 Å². The highest BCUT2D eigenvalue weighted by atomic mass is 35.5. The van der Waals surface area contributed by atoms with E-state index in [1.165, 1.54) is 19.3 Å². The first-order valence-electron chi connectivity index (χ1n) is 7.41. The van der Waals surface area contributed by atoms with Crippen LogP contribution >= 0.6 is 11.6 Å². The van der Waals surface area contributed by atoms with E-state index in [0.717, 1.165) is 25.1 Å². The van der Waals surface area contributed by atoms with Crippen molar-refractivity contribution < 1.29 is 0 Å². The molecule has 0 radical (unpaired) electrons. The molecule has 1 aliphatic rings. The summed E-state index contributed by atoms with van der Waals surface area (Å²) < 4.78 is 1.95. The van der Waals surface area contributed by atoms with Crippen LogP contribution in [-0.4, -0.2) is 34.3 Å². The molecule has 0 bridgehead atoms. The number of nitrogens with one attached hydrogen (secondary N) is 1. The highest BCUT2D eigenvalue weighted by molar-refractivity contribution is 6.31. The van der Waals surface area contributed by atoms with E-state index in [1.54, 1.807) is 6.20 Å².